The van der Waals surface area contributed by atoms with Gasteiger partial charge in [0.25, 0.3) is 5.56 Å². The Hall–Kier alpha value is -3.06. The number of nitrogens with zero attached hydrogens (tertiary/aromatic N) is 2. The van der Waals surface area contributed by atoms with Crippen LogP contribution in [0.25, 0.3) is 27.6 Å². The fourth-order valence-electron chi connectivity index (χ4n) is 3.48. The van der Waals surface area contributed by atoms with Gasteiger partial charge in [0.05, 0.1) is 11.4 Å². The summed E-state index contributed by atoms with van der Waals surface area (Å²) < 4.78 is 1.62. The van der Waals surface area contributed by atoms with E-state index in [1.807, 2.05) is 63.2 Å². The second kappa shape index (κ2) is 8.36. The van der Waals surface area contributed by atoms with Gasteiger partial charge in [-0.15, -0.1) is 0 Å². The first-order valence-electron chi connectivity index (χ1n) is 10.0. The minimum Gasteiger partial charge on any atom is -0.355 e. The first-order valence-corrected chi connectivity index (χ1v) is 11.0. The third-order valence-electron chi connectivity index (χ3n) is 5.22. The van der Waals surface area contributed by atoms with Crippen molar-refractivity contribution in [1.82, 2.24) is 19.9 Å². The SMILES string of the molecule is CCCNC(=O)CSc1nc2c([nH]c3ccccc32)c(=O)n1-c1cccc(C)c1C. The monoisotopic (exact) mass is 420 g/mol. The van der Waals surface area contributed by atoms with E-state index in [1.54, 1.807) is 4.57 Å². The smallest absolute Gasteiger partial charge is 0.283 e. The Bertz CT molecular complexity index is 1310. The molecule has 0 saturated heterocycles. The Labute approximate surface area is 178 Å². The number of benzene rings is 2. The van der Waals surface area contributed by atoms with Crippen molar-refractivity contribution in [2.24, 2.45) is 0 Å². The van der Waals surface area contributed by atoms with E-state index in [0.717, 1.165) is 34.1 Å². The van der Waals surface area contributed by atoms with Gasteiger partial charge >= 0.3 is 0 Å². The van der Waals surface area contributed by atoms with Crippen molar-refractivity contribution in [2.75, 3.05) is 12.3 Å². The van der Waals surface area contributed by atoms with E-state index in [9.17, 15) is 9.59 Å². The molecule has 0 atom stereocenters. The number of rotatable bonds is 6. The molecule has 0 spiro atoms. The van der Waals surface area contributed by atoms with Gasteiger partial charge < -0.3 is 10.3 Å². The molecule has 0 fully saturated rings. The second-order valence-corrected chi connectivity index (χ2v) is 8.23. The molecule has 154 valence electrons. The molecule has 2 aromatic carbocycles. The Morgan fingerprint density at radius 1 is 1.17 bits per heavy atom. The lowest BCUT2D eigenvalue weighted by Gasteiger charge is -2.15. The fourth-order valence-corrected chi connectivity index (χ4v) is 4.30. The number of aromatic amines is 1. The lowest BCUT2D eigenvalue weighted by atomic mass is 10.1. The Kier molecular flexibility index (Phi) is 5.63. The molecule has 4 aromatic rings. The van der Waals surface area contributed by atoms with Gasteiger partial charge in [-0.05, 0) is 43.5 Å². The van der Waals surface area contributed by atoms with Crippen molar-refractivity contribution in [3.05, 3.63) is 63.9 Å². The summed E-state index contributed by atoms with van der Waals surface area (Å²) in [7, 11) is 0. The molecule has 30 heavy (non-hydrogen) atoms. The summed E-state index contributed by atoms with van der Waals surface area (Å²) in [5, 5.41) is 4.29. The van der Waals surface area contributed by atoms with Crippen LogP contribution in [0.4, 0.5) is 0 Å². The van der Waals surface area contributed by atoms with Gasteiger partial charge in [0.15, 0.2) is 5.16 Å². The van der Waals surface area contributed by atoms with Gasteiger partial charge in [-0.2, -0.15) is 0 Å². The van der Waals surface area contributed by atoms with E-state index in [4.69, 9.17) is 4.98 Å². The lowest BCUT2D eigenvalue weighted by molar-refractivity contribution is -0.118. The van der Waals surface area contributed by atoms with Gasteiger partial charge in [0.1, 0.15) is 11.0 Å². The molecule has 0 unspecified atom stereocenters. The van der Waals surface area contributed by atoms with Crippen LogP contribution in [0.1, 0.15) is 24.5 Å². The van der Waals surface area contributed by atoms with Gasteiger partial charge in [-0.3, -0.25) is 14.2 Å². The van der Waals surface area contributed by atoms with Gasteiger partial charge in [-0.25, -0.2) is 4.98 Å². The first kappa shape index (κ1) is 20.2. The zero-order valence-corrected chi connectivity index (χ0v) is 18.1. The van der Waals surface area contributed by atoms with E-state index < -0.39 is 0 Å². The van der Waals surface area contributed by atoms with E-state index in [2.05, 4.69) is 10.3 Å². The molecule has 7 heteroatoms. The fraction of sp³-hybridized carbons (Fsp3) is 0.261. The number of carbonyl (C=O) groups excluding carboxylic acids is 1. The van der Waals surface area contributed by atoms with E-state index in [0.29, 0.717) is 22.7 Å². The number of aromatic nitrogens is 3. The molecule has 0 aliphatic rings. The van der Waals surface area contributed by atoms with E-state index >= 15 is 0 Å². The number of aryl methyl sites for hydroxylation is 1. The molecule has 2 heterocycles. The maximum Gasteiger partial charge on any atom is 0.283 e. The number of nitrogens with one attached hydrogen (secondary N) is 2. The third kappa shape index (κ3) is 3.61. The van der Waals surface area contributed by atoms with Crippen molar-refractivity contribution in [2.45, 2.75) is 32.3 Å². The summed E-state index contributed by atoms with van der Waals surface area (Å²) >= 11 is 1.28. The number of fused-ring (bicyclic) bond motifs is 3. The lowest BCUT2D eigenvalue weighted by Crippen LogP contribution is -2.27. The second-order valence-electron chi connectivity index (χ2n) is 7.29. The van der Waals surface area contributed by atoms with Crippen LogP contribution in [-0.2, 0) is 4.79 Å². The number of thioether (sulfide) groups is 1. The van der Waals surface area contributed by atoms with Crippen LogP contribution in [0, 0.1) is 13.8 Å². The topological polar surface area (TPSA) is 79.8 Å². The molecule has 0 aliphatic carbocycles. The highest BCUT2D eigenvalue weighted by molar-refractivity contribution is 7.99. The maximum absolute atomic E-state index is 13.6. The van der Waals surface area contributed by atoms with Crippen molar-refractivity contribution in [1.29, 1.82) is 0 Å². The highest BCUT2D eigenvalue weighted by atomic mass is 32.2. The van der Waals surface area contributed by atoms with Crippen LogP contribution in [0.5, 0.6) is 0 Å². The predicted octanol–water partition coefficient (Wildman–Crippen LogP) is 4.10. The molecule has 0 saturated carbocycles. The molecule has 6 nitrogen and oxygen atoms in total. The zero-order valence-electron chi connectivity index (χ0n) is 17.3. The van der Waals surface area contributed by atoms with Gasteiger partial charge in [0, 0.05) is 17.4 Å². The van der Waals surface area contributed by atoms with Crippen LogP contribution in [0.3, 0.4) is 0 Å². The number of H-pyrrole nitrogens is 1. The summed E-state index contributed by atoms with van der Waals surface area (Å²) in [5.41, 5.74) is 4.69. The molecule has 4 rings (SSSR count). The van der Waals surface area contributed by atoms with Crippen LogP contribution < -0.4 is 10.9 Å². The quantitative estimate of drug-likeness (QED) is 0.364. The molecule has 2 N–H and O–H groups in total. The average Bonchev–Trinajstić information content (AvgIpc) is 3.12. The molecular weight excluding hydrogens is 396 g/mol. The molecule has 0 radical (unpaired) electrons. The highest BCUT2D eigenvalue weighted by Gasteiger charge is 2.19. The van der Waals surface area contributed by atoms with E-state index in [-0.39, 0.29) is 17.2 Å². The first-order chi connectivity index (χ1) is 14.5. The van der Waals surface area contributed by atoms with Crippen LogP contribution in [-0.4, -0.2) is 32.7 Å². The molecule has 0 bridgehead atoms. The molecule has 2 aromatic heterocycles. The van der Waals surface area contributed by atoms with Crippen molar-refractivity contribution >= 4 is 39.6 Å². The van der Waals surface area contributed by atoms with E-state index in [1.165, 1.54) is 11.8 Å². The minimum atomic E-state index is -0.165. The summed E-state index contributed by atoms with van der Waals surface area (Å²) in [5.74, 6) is 0.133. The highest BCUT2D eigenvalue weighted by Crippen LogP contribution is 2.27. The number of hydrogen-bond donors (Lipinski definition) is 2. The third-order valence-corrected chi connectivity index (χ3v) is 6.15. The number of para-hydroxylation sites is 1. The zero-order chi connectivity index (χ0) is 21.3. The molecular formula is C23H24N4O2S. The van der Waals surface area contributed by atoms with Gasteiger partial charge in [-0.1, -0.05) is 49.0 Å². The van der Waals surface area contributed by atoms with Crippen LogP contribution >= 0.6 is 11.8 Å². The summed E-state index contributed by atoms with van der Waals surface area (Å²) in [4.78, 5) is 33.8. The minimum absolute atomic E-state index is 0.0670. The summed E-state index contributed by atoms with van der Waals surface area (Å²) in [6.45, 7) is 6.66. The number of amides is 1. The standard InChI is InChI=1S/C23H24N4O2S/c1-4-12-24-19(28)13-30-23-26-20-16-9-5-6-10-17(16)25-21(20)22(29)27(23)18-11-7-8-14(2)15(18)3/h5-11,25H,4,12-13H2,1-3H3,(H,24,28). The average molecular weight is 421 g/mol. The largest absolute Gasteiger partial charge is 0.355 e. The normalized spacial score (nSPS) is 11.3. The summed E-state index contributed by atoms with van der Waals surface area (Å²) in [6.07, 6.45) is 0.878. The molecule has 0 aliphatic heterocycles. The Morgan fingerprint density at radius 3 is 2.77 bits per heavy atom. The van der Waals surface area contributed by atoms with Crippen LogP contribution in [0.15, 0.2) is 52.4 Å². The van der Waals surface area contributed by atoms with Crippen LogP contribution in [0.2, 0.25) is 0 Å². The molecule has 1 amide bonds. The maximum atomic E-state index is 13.6. The van der Waals surface area contributed by atoms with Crippen molar-refractivity contribution in [3.8, 4) is 5.69 Å². The van der Waals surface area contributed by atoms with Gasteiger partial charge in [0.2, 0.25) is 5.91 Å². The number of carbonyl (C=O) groups is 1. The number of hydrogen-bond acceptors (Lipinski definition) is 4. The van der Waals surface area contributed by atoms with Crippen molar-refractivity contribution in [3.63, 3.8) is 0 Å². The Balaban J connectivity index is 1.92. The van der Waals surface area contributed by atoms with Crippen molar-refractivity contribution < 1.29 is 4.79 Å². The Morgan fingerprint density at radius 2 is 1.97 bits per heavy atom. The predicted molar refractivity (Wildman–Crippen MR) is 123 cm³/mol. The summed E-state index contributed by atoms with van der Waals surface area (Å²) in [6, 6.07) is 13.6.